The third-order valence-electron chi connectivity index (χ3n) is 4.42. The van der Waals surface area contributed by atoms with Crippen molar-refractivity contribution in [1.29, 1.82) is 0 Å². The summed E-state index contributed by atoms with van der Waals surface area (Å²) in [6.45, 7) is 8.71. The average molecular weight is 305 g/mol. The molecule has 1 saturated carbocycles. The SMILES string of the molecule is CC1CC(OCC(O)CNCc2ccccc2)CC(C)(C)C1. The molecule has 2 N–H and O–H groups in total. The molecule has 3 nitrogen and oxygen atoms in total. The van der Waals surface area contributed by atoms with Gasteiger partial charge in [-0.2, -0.15) is 0 Å². The van der Waals surface area contributed by atoms with Crippen LogP contribution in [0.2, 0.25) is 0 Å². The molecule has 0 heterocycles. The standard InChI is InChI=1S/C19H31NO2/c1-15-9-18(11-19(2,3)10-15)22-14-17(21)13-20-12-16-7-5-4-6-8-16/h4-8,15,17-18,20-21H,9-14H2,1-3H3. The molecule has 124 valence electrons. The summed E-state index contributed by atoms with van der Waals surface area (Å²) in [6, 6.07) is 10.2. The average Bonchev–Trinajstić information content (AvgIpc) is 2.44. The van der Waals surface area contributed by atoms with Crippen LogP contribution < -0.4 is 5.32 Å². The Morgan fingerprint density at radius 1 is 1.27 bits per heavy atom. The second-order valence-electron chi connectivity index (χ2n) is 7.64. The first-order valence-electron chi connectivity index (χ1n) is 8.49. The quantitative estimate of drug-likeness (QED) is 0.811. The van der Waals surface area contributed by atoms with Gasteiger partial charge in [0.15, 0.2) is 0 Å². The Hall–Kier alpha value is -0.900. The number of benzene rings is 1. The smallest absolute Gasteiger partial charge is 0.0897 e. The van der Waals surface area contributed by atoms with Gasteiger partial charge in [0.2, 0.25) is 0 Å². The Bertz CT molecular complexity index is 432. The number of aliphatic hydroxyl groups excluding tert-OH is 1. The molecule has 3 heteroatoms. The molecular formula is C19H31NO2. The summed E-state index contributed by atoms with van der Waals surface area (Å²) >= 11 is 0. The molecule has 22 heavy (non-hydrogen) atoms. The van der Waals surface area contributed by atoms with Crippen molar-refractivity contribution in [2.24, 2.45) is 11.3 Å². The fourth-order valence-corrected chi connectivity index (χ4v) is 3.67. The van der Waals surface area contributed by atoms with Crippen molar-refractivity contribution in [2.45, 2.75) is 58.8 Å². The molecule has 1 aliphatic carbocycles. The van der Waals surface area contributed by atoms with Crippen molar-refractivity contribution in [3.05, 3.63) is 35.9 Å². The van der Waals surface area contributed by atoms with Gasteiger partial charge in [0.25, 0.3) is 0 Å². The van der Waals surface area contributed by atoms with Crippen LogP contribution in [-0.4, -0.2) is 30.5 Å². The first kappa shape index (κ1) is 17.5. The molecule has 0 bridgehead atoms. The highest BCUT2D eigenvalue weighted by Crippen LogP contribution is 2.39. The van der Waals surface area contributed by atoms with Crippen molar-refractivity contribution in [3.8, 4) is 0 Å². The fourth-order valence-electron chi connectivity index (χ4n) is 3.67. The lowest BCUT2D eigenvalue weighted by Crippen LogP contribution is -2.36. The molecule has 1 aliphatic rings. The molecule has 3 atom stereocenters. The van der Waals surface area contributed by atoms with E-state index in [1.54, 1.807) is 0 Å². The van der Waals surface area contributed by atoms with Gasteiger partial charge >= 0.3 is 0 Å². The third-order valence-corrected chi connectivity index (χ3v) is 4.42. The van der Waals surface area contributed by atoms with Gasteiger partial charge in [-0.15, -0.1) is 0 Å². The van der Waals surface area contributed by atoms with Gasteiger partial charge in [0, 0.05) is 13.1 Å². The van der Waals surface area contributed by atoms with E-state index >= 15 is 0 Å². The summed E-state index contributed by atoms with van der Waals surface area (Å²) in [6.07, 6.45) is 3.34. The molecule has 0 spiro atoms. The number of hydrogen-bond acceptors (Lipinski definition) is 3. The maximum Gasteiger partial charge on any atom is 0.0897 e. The molecule has 0 aromatic heterocycles. The molecule has 0 aliphatic heterocycles. The van der Waals surface area contributed by atoms with Gasteiger partial charge in [-0.1, -0.05) is 51.1 Å². The second kappa shape index (κ2) is 8.09. The summed E-state index contributed by atoms with van der Waals surface area (Å²) in [5.74, 6) is 0.710. The molecule has 1 aromatic carbocycles. The molecule has 0 saturated heterocycles. The van der Waals surface area contributed by atoms with Crippen molar-refractivity contribution in [3.63, 3.8) is 0 Å². The second-order valence-corrected chi connectivity index (χ2v) is 7.64. The first-order valence-corrected chi connectivity index (χ1v) is 8.49. The van der Waals surface area contributed by atoms with Crippen LogP contribution in [0.3, 0.4) is 0 Å². The summed E-state index contributed by atoms with van der Waals surface area (Å²) in [5, 5.41) is 13.4. The van der Waals surface area contributed by atoms with Crippen LogP contribution >= 0.6 is 0 Å². The topological polar surface area (TPSA) is 41.5 Å². The minimum Gasteiger partial charge on any atom is -0.389 e. The van der Waals surface area contributed by atoms with Crippen LogP contribution in [-0.2, 0) is 11.3 Å². The van der Waals surface area contributed by atoms with E-state index in [1.165, 1.54) is 12.0 Å². The molecule has 1 aromatic rings. The maximum atomic E-state index is 10.1. The Balaban J connectivity index is 1.64. The van der Waals surface area contributed by atoms with Crippen molar-refractivity contribution in [2.75, 3.05) is 13.2 Å². The summed E-state index contributed by atoms with van der Waals surface area (Å²) in [4.78, 5) is 0. The van der Waals surface area contributed by atoms with Gasteiger partial charge in [-0.05, 0) is 36.2 Å². The zero-order chi connectivity index (χ0) is 16.0. The molecule has 0 amide bonds. The van der Waals surface area contributed by atoms with E-state index in [-0.39, 0.29) is 0 Å². The van der Waals surface area contributed by atoms with Crippen LogP contribution in [0.1, 0.15) is 45.6 Å². The molecule has 2 rings (SSSR count). The lowest BCUT2D eigenvalue weighted by atomic mass is 9.71. The number of ether oxygens (including phenoxy) is 1. The van der Waals surface area contributed by atoms with E-state index in [4.69, 9.17) is 4.74 Å². The van der Waals surface area contributed by atoms with E-state index in [0.29, 0.717) is 30.6 Å². The van der Waals surface area contributed by atoms with Gasteiger partial charge < -0.3 is 15.2 Å². The van der Waals surface area contributed by atoms with Crippen molar-refractivity contribution < 1.29 is 9.84 Å². The highest BCUT2D eigenvalue weighted by Gasteiger charge is 2.32. The van der Waals surface area contributed by atoms with Crippen LogP contribution in [0.4, 0.5) is 0 Å². The predicted octanol–water partition coefficient (Wildman–Crippen LogP) is 3.37. The Morgan fingerprint density at radius 2 is 2.00 bits per heavy atom. The normalized spacial score (nSPS) is 25.8. The minimum atomic E-state index is -0.441. The zero-order valence-corrected chi connectivity index (χ0v) is 14.2. The summed E-state index contributed by atoms with van der Waals surface area (Å²) in [5.41, 5.74) is 1.59. The molecule has 0 radical (unpaired) electrons. The lowest BCUT2D eigenvalue weighted by molar-refractivity contribution is -0.0550. The van der Waals surface area contributed by atoms with Gasteiger partial charge in [-0.25, -0.2) is 0 Å². The summed E-state index contributed by atoms with van der Waals surface area (Å²) < 4.78 is 5.96. The highest BCUT2D eigenvalue weighted by molar-refractivity contribution is 5.14. The van der Waals surface area contributed by atoms with E-state index in [1.807, 2.05) is 18.2 Å². The van der Waals surface area contributed by atoms with E-state index in [0.717, 1.165) is 19.4 Å². The maximum absolute atomic E-state index is 10.1. The molecule has 3 unspecified atom stereocenters. The lowest BCUT2D eigenvalue weighted by Gasteiger charge is -2.39. The van der Waals surface area contributed by atoms with Crippen LogP contribution in [0, 0.1) is 11.3 Å². The van der Waals surface area contributed by atoms with Gasteiger partial charge in [0.1, 0.15) is 0 Å². The molecule has 1 fully saturated rings. The van der Waals surface area contributed by atoms with E-state index in [2.05, 4.69) is 38.2 Å². The fraction of sp³-hybridized carbons (Fsp3) is 0.684. The zero-order valence-electron chi connectivity index (χ0n) is 14.2. The van der Waals surface area contributed by atoms with Crippen LogP contribution in [0.25, 0.3) is 0 Å². The van der Waals surface area contributed by atoms with Crippen molar-refractivity contribution in [1.82, 2.24) is 5.32 Å². The third kappa shape index (κ3) is 6.07. The Kier molecular flexibility index (Phi) is 6.42. The van der Waals surface area contributed by atoms with Crippen molar-refractivity contribution >= 4 is 0 Å². The van der Waals surface area contributed by atoms with Crippen LogP contribution in [0.15, 0.2) is 30.3 Å². The Morgan fingerprint density at radius 3 is 2.68 bits per heavy atom. The predicted molar refractivity (Wildman–Crippen MR) is 90.7 cm³/mol. The number of hydrogen-bond donors (Lipinski definition) is 2. The number of nitrogens with one attached hydrogen (secondary N) is 1. The van der Waals surface area contributed by atoms with Gasteiger partial charge in [-0.3, -0.25) is 0 Å². The largest absolute Gasteiger partial charge is 0.389 e. The first-order chi connectivity index (χ1) is 10.4. The number of rotatable bonds is 7. The van der Waals surface area contributed by atoms with E-state index in [9.17, 15) is 5.11 Å². The number of aliphatic hydroxyl groups is 1. The highest BCUT2D eigenvalue weighted by atomic mass is 16.5. The molecular weight excluding hydrogens is 274 g/mol. The monoisotopic (exact) mass is 305 g/mol. The summed E-state index contributed by atoms with van der Waals surface area (Å²) in [7, 11) is 0. The van der Waals surface area contributed by atoms with Crippen LogP contribution in [0.5, 0.6) is 0 Å². The van der Waals surface area contributed by atoms with Gasteiger partial charge in [0.05, 0.1) is 18.8 Å². The van der Waals surface area contributed by atoms with E-state index < -0.39 is 6.10 Å². The Labute approximate surface area is 135 Å². The minimum absolute atomic E-state index is 0.294.